The number of rotatable bonds is 2. The number of nitrogens with two attached hydrogens (primary N) is 1. The SMILES string of the molecule is COC(=O)[C@H]1C[C@H](c2ccc(Br)cc2)C[C@@H]1N. The predicted molar refractivity (Wildman–Crippen MR) is 69.6 cm³/mol. The van der Waals surface area contributed by atoms with Crippen LogP contribution in [0.2, 0.25) is 0 Å². The quantitative estimate of drug-likeness (QED) is 0.853. The Balaban J connectivity index is 2.10. The molecule has 0 spiro atoms. The predicted octanol–water partition coefficient (Wildman–Crippen LogP) is 2.44. The van der Waals surface area contributed by atoms with Crippen LogP contribution in [0.15, 0.2) is 28.7 Å². The Kier molecular flexibility index (Phi) is 3.84. The van der Waals surface area contributed by atoms with E-state index in [1.807, 2.05) is 12.1 Å². The number of carbonyl (C=O) groups is 1. The summed E-state index contributed by atoms with van der Waals surface area (Å²) in [5.41, 5.74) is 7.25. The second kappa shape index (κ2) is 5.19. The van der Waals surface area contributed by atoms with Crippen LogP contribution in [0.1, 0.15) is 24.3 Å². The summed E-state index contributed by atoms with van der Waals surface area (Å²) < 4.78 is 5.84. The molecule has 1 aliphatic rings. The second-order valence-corrected chi connectivity index (χ2v) is 5.43. The van der Waals surface area contributed by atoms with E-state index in [2.05, 4.69) is 28.1 Å². The number of benzene rings is 1. The molecule has 1 saturated carbocycles. The number of methoxy groups -OCH3 is 1. The minimum atomic E-state index is -0.183. The number of esters is 1. The van der Waals surface area contributed by atoms with Crippen LogP contribution in [0.25, 0.3) is 0 Å². The Bertz CT molecular complexity index is 404. The number of carbonyl (C=O) groups excluding carboxylic acids is 1. The van der Waals surface area contributed by atoms with Crippen molar-refractivity contribution in [3.05, 3.63) is 34.3 Å². The maximum Gasteiger partial charge on any atom is 0.310 e. The molecular weight excluding hydrogens is 282 g/mol. The maximum absolute atomic E-state index is 11.5. The summed E-state index contributed by atoms with van der Waals surface area (Å²) >= 11 is 3.41. The first kappa shape index (κ1) is 12.6. The maximum atomic E-state index is 11.5. The number of ether oxygens (including phenoxy) is 1. The molecule has 0 aromatic heterocycles. The molecule has 0 aliphatic heterocycles. The van der Waals surface area contributed by atoms with Gasteiger partial charge in [0.2, 0.25) is 0 Å². The van der Waals surface area contributed by atoms with Crippen molar-refractivity contribution in [2.24, 2.45) is 11.7 Å². The zero-order valence-corrected chi connectivity index (χ0v) is 11.3. The molecule has 1 aromatic carbocycles. The zero-order valence-electron chi connectivity index (χ0n) is 9.73. The van der Waals surface area contributed by atoms with Crippen LogP contribution in [0.4, 0.5) is 0 Å². The Labute approximate surface area is 109 Å². The van der Waals surface area contributed by atoms with Gasteiger partial charge in [-0.05, 0) is 36.5 Å². The van der Waals surface area contributed by atoms with Gasteiger partial charge in [-0.25, -0.2) is 0 Å². The summed E-state index contributed by atoms with van der Waals surface area (Å²) in [5.74, 6) is 0.0213. The van der Waals surface area contributed by atoms with Gasteiger partial charge in [0.15, 0.2) is 0 Å². The number of hydrogen-bond acceptors (Lipinski definition) is 3. The smallest absolute Gasteiger partial charge is 0.310 e. The van der Waals surface area contributed by atoms with Crippen molar-refractivity contribution in [2.45, 2.75) is 24.8 Å². The molecule has 0 saturated heterocycles. The third-order valence-electron chi connectivity index (χ3n) is 3.46. The monoisotopic (exact) mass is 297 g/mol. The lowest BCUT2D eigenvalue weighted by atomic mass is 9.96. The van der Waals surface area contributed by atoms with Crippen molar-refractivity contribution in [3.63, 3.8) is 0 Å². The van der Waals surface area contributed by atoms with Crippen LogP contribution in [0.3, 0.4) is 0 Å². The molecule has 0 unspecified atom stereocenters. The standard InChI is InChI=1S/C13H16BrNO2/c1-17-13(16)11-6-9(7-12(11)15)8-2-4-10(14)5-3-8/h2-5,9,11-12H,6-7,15H2,1H3/t9-,11-,12-/m0/s1. The average Bonchev–Trinajstić information content (AvgIpc) is 2.71. The molecule has 2 N–H and O–H groups in total. The summed E-state index contributed by atoms with van der Waals surface area (Å²) in [7, 11) is 1.42. The lowest BCUT2D eigenvalue weighted by Gasteiger charge is -2.11. The summed E-state index contributed by atoms with van der Waals surface area (Å²) in [4.78, 5) is 11.5. The lowest BCUT2D eigenvalue weighted by molar-refractivity contribution is -0.145. The highest BCUT2D eigenvalue weighted by atomic mass is 79.9. The minimum absolute atomic E-state index is 0.0869. The molecule has 1 aliphatic carbocycles. The van der Waals surface area contributed by atoms with Crippen LogP contribution in [-0.2, 0) is 9.53 Å². The van der Waals surface area contributed by atoms with Gasteiger partial charge in [-0.3, -0.25) is 4.79 Å². The molecular formula is C13H16BrNO2. The Morgan fingerprint density at radius 1 is 1.35 bits per heavy atom. The largest absolute Gasteiger partial charge is 0.469 e. The molecule has 0 heterocycles. The van der Waals surface area contributed by atoms with Crippen LogP contribution in [-0.4, -0.2) is 19.1 Å². The van der Waals surface area contributed by atoms with Crippen molar-refractivity contribution < 1.29 is 9.53 Å². The molecule has 4 heteroatoms. The Morgan fingerprint density at radius 2 is 2.00 bits per heavy atom. The molecule has 1 aromatic rings. The Morgan fingerprint density at radius 3 is 2.59 bits per heavy atom. The van der Waals surface area contributed by atoms with Gasteiger partial charge < -0.3 is 10.5 Å². The molecule has 0 amide bonds. The first-order chi connectivity index (χ1) is 8.11. The van der Waals surface area contributed by atoms with Crippen molar-refractivity contribution in [2.75, 3.05) is 7.11 Å². The van der Waals surface area contributed by atoms with E-state index in [1.165, 1.54) is 12.7 Å². The van der Waals surface area contributed by atoms with Crippen LogP contribution >= 0.6 is 15.9 Å². The van der Waals surface area contributed by atoms with Gasteiger partial charge in [-0.2, -0.15) is 0 Å². The highest BCUT2D eigenvalue weighted by molar-refractivity contribution is 9.10. The van der Waals surface area contributed by atoms with E-state index >= 15 is 0 Å². The normalized spacial score (nSPS) is 28.1. The molecule has 3 atom stereocenters. The van der Waals surface area contributed by atoms with Gasteiger partial charge in [-0.1, -0.05) is 28.1 Å². The molecule has 1 fully saturated rings. The summed E-state index contributed by atoms with van der Waals surface area (Å²) in [6, 6.07) is 8.12. The van der Waals surface area contributed by atoms with Gasteiger partial charge in [0, 0.05) is 10.5 Å². The highest BCUT2D eigenvalue weighted by Crippen LogP contribution is 2.38. The zero-order chi connectivity index (χ0) is 12.4. The summed E-state index contributed by atoms with van der Waals surface area (Å²) in [6.07, 6.45) is 1.64. The van der Waals surface area contributed by atoms with Gasteiger partial charge in [0.1, 0.15) is 0 Å². The van der Waals surface area contributed by atoms with Gasteiger partial charge in [0.25, 0.3) is 0 Å². The third kappa shape index (κ3) is 2.69. The third-order valence-corrected chi connectivity index (χ3v) is 3.99. The fourth-order valence-corrected chi connectivity index (χ4v) is 2.76. The second-order valence-electron chi connectivity index (χ2n) is 4.51. The van der Waals surface area contributed by atoms with Crippen molar-refractivity contribution in [1.82, 2.24) is 0 Å². The van der Waals surface area contributed by atoms with Crippen LogP contribution in [0, 0.1) is 5.92 Å². The number of halogens is 1. The molecule has 0 bridgehead atoms. The van der Waals surface area contributed by atoms with Crippen LogP contribution < -0.4 is 5.73 Å². The van der Waals surface area contributed by atoms with Crippen LogP contribution in [0.5, 0.6) is 0 Å². The highest BCUT2D eigenvalue weighted by Gasteiger charge is 2.37. The minimum Gasteiger partial charge on any atom is -0.469 e. The van der Waals surface area contributed by atoms with E-state index in [0.717, 1.165) is 17.3 Å². The topological polar surface area (TPSA) is 52.3 Å². The van der Waals surface area contributed by atoms with E-state index in [-0.39, 0.29) is 17.9 Å². The van der Waals surface area contributed by atoms with E-state index in [9.17, 15) is 4.79 Å². The van der Waals surface area contributed by atoms with Crippen molar-refractivity contribution in [3.8, 4) is 0 Å². The molecule has 3 nitrogen and oxygen atoms in total. The summed E-state index contributed by atoms with van der Waals surface area (Å²) in [5, 5.41) is 0. The van der Waals surface area contributed by atoms with Gasteiger partial charge in [-0.15, -0.1) is 0 Å². The lowest BCUT2D eigenvalue weighted by Crippen LogP contribution is -2.31. The molecule has 0 radical (unpaired) electrons. The molecule has 2 rings (SSSR count). The van der Waals surface area contributed by atoms with E-state index in [1.54, 1.807) is 0 Å². The average molecular weight is 298 g/mol. The summed E-state index contributed by atoms with van der Waals surface area (Å²) in [6.45, 7) is 0. The van der Waals surface area contributed by atoms with Crippen molar-refractivity contribution in [1.29, 1.82) is 0 Å². The fourth-order valence-electron chi connectivity index (χ4n) is 2.50. The van der Waals surface area contributed by atoms with E-state index in [4.69, 9.17) is 10.5 Å². The van der Waals surface area contributed by atoms with E-state index in [0.29, 0.717) is 5.92 Å². The van der Waals surface area contributed by atoms with E-state index < -0.39 is 0 Å². The van der Waals surface area contributed by atoms with Gasteiger partial charge >= 0.3 is 5.97 Å². The molecule has 92 valence electrons. The fraction of sp³-hybridized carbons (Fsp3) is 0.462. The molecule has 17 heavy (non-hydrogen) atoms. The first-order valence-corrected chi connectivity index (χ1v) is 6.50. The van der Waals surface area contributed by atoms with Gasteiger partial charge in [0.05, 0.1) is 13.0 Å². The number of hydrogen-bond donors (Lipinski definition) is 1. The van der Waals surface area contributed by atoms with Crippen molar-refractivity contribution >= 4 is 21.9 Å². The Hall–Kier alpha value is -0.870. The first-order valence-electron chi connectivity index (χ1n) is 5.70.